The van der Waals surface area contributed by atoms with Crippen molar-refractivity contribution in [2.45, 2.75) is 26.3 Å². The molecule has 2 rings (SSSR count). The molecule has 0 unspecified atom stereocenters. The number of rotatable bonds is 3. The van der Waals surface area contributed by atoms with E-state index in [2.05, 4.69) is 35.2 Å². The maximum atomic E-state index is 6.18. The van der Waals surface area contributed by atoms with E-state index in [9.17, 15) is 0 Å². The topological polar surface area (TPSA) is 40.7 Å². The molecule has 2 aromatic rings. The van der Waals surface area contributed by atoms with Crippen molar-refractivity contribution in [2.24, 2.45) is 0 Å². The minimum absolute atomic E-state index is 0.402. The first kappa shape index (κ1) is 11.4. The molecule has 0 radical (unpaired) electrons. The summed E-state index contributed by atoms with van der Waals surface area (Å²) in [5.41, 5.74) is 3.09. The maximum absolute atomic E-state index is 6.18. The summed E-state index contributed by atoms with van der Waals surface area (Å²) in [7, 11) is 1.91. The van der Waals surface area contributed by atoms with Gasteiger partial charge >= 0.3 is 0 Å². The number of imidazole rings is 1. The van der Waals surface area contributed by atoms with Gasteiger partial charge in [-0.25, -0.2) is 4.98 Å². The molecule has 16 heavy (non-hydrogen) atoms. The van der Waals surface area contributed by atoms with Crippen molar-refractivity contribution in [3.05, 3.63) is 28.5 Å². The van der Waals surface area contributed by atoms with Crippen molar-refractivity contribution in [2.75, 3.05) is 7.05 Å². The van der Waals surface area contributed by atoms with Crippen LogP contribution in [0.2, 0.25) is 5.02 Å². The first-order valence-electron chi connectivity index (χ1n) is 5.44. The molecule has 0 aliphatic carbocycles. The molecule has 0 aliphatic rings. The second-order valence-electron chi connectivity index (χ2n) is 4.27. The normalized spacial score (nSPS) is 11.6. The Morgan fingerprint density at radius 3 is 2.81 bits per heavy atom. The second kappa shape index (κ2) is 4.44. The number of hydrogen-bond acceptors (Lipinski definition) is 2. The molecule has 1 aromatic heterocycles. The van der Waals surface area contributed by atoms with E-state index < -0.39 is 0 Å². The fourth-order valence-electron chi connectivity index (χ4n) is 1.70. The third-order valence-electron chi connectivity index (χ3n) is 2.58. The summed E-state index contributed by atoms with van der Waals surface area (Å²) < 4.78 is 0. The average molecular weight is 238 g/mol. The van der Waals surface area contributed by atoms with Crippen LogP contribution in [0.4, 0.5) is 0 Å². The standard InChI is InChI=1S/C12H16ClN3/c1-7(2)12-15-10-4-8(6-14-3)9(13)5-11(10)16-12/h4-5,7,14H,6H2,1-3H3,(H,15,16). The molecule has 0 fully saturated rings. The van der Waals surface area contributed by atoms with Crippen molar-refractivity contribution in [3.63, 3.8) is 0 Å². The van der Waals surface area contributed by atoms with E-state index in [1.807, 2.05) is 13.1 Å². The predicted octanol–water partition coefficient (Wildman–Crippen LogP) is 3.06. The number of fused-ring (bicyclic) bond motifs is 1. The molecule has 3 nitrogen and oxygen atoms in total. The quantitative estimate of drug-likeness (QED) is 0.862. The van der Waals surface area contributed by atoms with Crippen LogP contribution in [0.5, 0.6) is 0 Å². The Balaban J connectivity index is 2.52. The Hall–Kier alpha value is -1.06. The Morgan fingerprint density at radius 2 is 2.19 bits per heavy atom. The monoisotopic (exact) mass is 237 g/mol. The molecular weight excluding hydrogens is 222 g/mol. The van der Waals surface area contributed by atoms with Crippen molar-refractivity contribution in [3.8, 4) is 0 Å². The molecule has 0 amide bonds. The van der Waals surface area contributed by atoms with Crippen molar-refractivity contribution < 1.29 is 0 Å². The predicted molar refractivity (Wildman–Crippen MR) is 68.0 cm³/mol. The number of H-pyrrole nitrogens is 1. The van der Waals surface area contributed by atoms with Gasteiger partial charge in [-0.3, -0.25) is 0 Å². The Bertz CT molecular complexity index is 502. The van der Waals surface area contributed by atoms with Crippen LogP contribution in [0.1, 0.15) is 31.2 Å². The number of aromatic amines is 1. The van der Waals surface area contributed by atoms with E-state index in [1.165, 1.54) is 0 Å². The van der Waals surface area contributed by atoms with Crippen LogP contribution in [-0.2, 0) is 6.54 Å². The van der Waals surface area contributed by atoms with Gasteiger partial charge in [-0.15, -0.1) is 0 Å². The van der Waals surface area contributed by atoms with Gasteiger partial charge < -0.3 is 10.3 Å². The summed E-state index contributed by atoms with van der Waals surface area (Å²) in [4.78, 5) is 7.84. The lowest BCUT2D eigenvalue weighted by Gasteiger charge is -2.02. The molecule has 1 aromatic carbocycles. The van der Waals surface area contributed by atoms with Gasteiger partial charge in [-0.05, 0) is 24.7 Å². The highest BCUT2D eigenvalue weighted by Gasteiger charge is 2.09. The highest BCUT2D eigenvalue weighted by molar-refractivity contribution is 6.32. The molecule has 86 valence electrons. The fourth-order valence-corrected chi connectivity index (χ4v) is 1.92. The van der Waals surface area contributed by atoms with Gasteiger partial charge in [0.1, 0.15) is 5.82 Å². The van der Waals surface area contributed by atoms with Gasteiger partial charge in [0.15, 0.2) is 0 Å². The summed E-state index contributed by atoms with van der Waals surface area (Å²) in [6.07, 6.45) is 0. The van der Waals surface area contributed by atoms with Crippen LogP contribution in [0.15, 0.2) is 12.1 Å². The number of aromatic nitrogens is 2. The maximum Gasteiger partial charge on any atom is 0.109 e. The number of nitrogens with zero attached hydrogens (tertiary/aromatic N) is 1. The summed E-state index contributed by atoms with van der Waals surface area (Å²) in [6, 6.07) is 3.99. The molecule has 0 bridgehead atoms. The molecule has 1 heterocycles. The van der Waals surface area contributed by atoms with Crippen molar-refractivity contribution in [1.29, 1.82) is 0 Å². The number of benzene rings is 1. The molecule has 2 N–H and O–H groups in total. The van der Waals surface area contributed by atoms with Crippen LogP contribution >= 0.6 is 11.6 Å². The highest BCUT2D eigenvalue weighted by Crippen LogP contribution is 2.24. The lowest BCUT2D eigenvalue weighted by molar-refractivity contribution is 0.799. The molecule has 0 atom stereocenters. The van der Waals surface area contributed by atoms with Crippen molar-refractivity contribution >= 4 is 22.6 Å². The summed E-state index contributed by atoms with van der Waals surface area (Å²) in [6.45, 7) is 5.01. The minimum atomic E-state index is 0.402. The zero-order chi connectivity index (χ0) is 11.7. The smallest absolute Gasteiger partial charge is 0.109 e. The Labute approximate surface area is 100 Å². The van der Waals surface area contributed by atoms with Gasteiger partial charge in [0, 0.05) is 17.5 Å². The third kappa shape index (κ3) is 2.06. The van der Waals surface area contributed by atoms with Crippen LogP contribution in [0.25, 0.3) is 11.0 Å². The summed E-state index contributed by atoms with van der Waals surface area (Å²) in [5.74, 6) is 1.41. The highest BCUT2D eigenvalue weighted by atomic mass is 35.5. The number of halogens is 1. The van der Waals surface area contributed by atoms with Crippen molar-refractivity contribution in [1.82, 2.24) is 15.3 Å². The van der Waals surface area contributed by atoms with Crippen LogP contribution in [-0.4, -0.2) is 17.0 Å². The minimum Gasteiger partial charge on any atom is -0.342 e. The molecule has 0 saturated carbocycles. The largest absolute Gasteiger partial charge is 0.342 e. The zero-order valence-electron chi connectivity index (χ0n) is 9.76. The first-order chi connectivity index (χ1) is 7.61. The molecule has 0 aliphatic heterocycles. The summed E-state index contributed by atoms with van der Waals surface area (Å²) >= 11 is 6.18. The summed E-state index contributed by atoms with van der Waals surface area (Å²) in [5, 5.41) is 3.87. The molecule has 0 saturated heterocycles. The molecule has 4 heteroatoms. The Kier molecular flexibility index (Phi) is 3.17. The Morgan fingerprint density at radius 1 is 1.44 bits per heavy atom. The number of hydrogen-bond donors (Lipinski definition) is 2. The first-order valence-corrected chi connectivity index (χ1v) is 5.82. The second-order valence-corrected chi connectivity index (χ2v) is 4.68. The van der Waals surface area contributed by atoms with Crippen LogP contribution < -0.4 is 5.32 Å². The van der Waals surface area contributed by atoms with E-state index >= 15 is 0 Å². The van der Waals surface area contributed by atoms with Gasteiger partial charge in [-0.2, -0.15) is 0 Å². The average Bonchev–Trinajstić information content (AvgIpc) is 2.61. The van der Waals surface area contributed by atoms with Crippen LogP contribution in [0, 0.1) is 0 Å². The van der Waals surface area contributed by atoms with E-state index in [0.717, 1.165) is 34.0 Å². The molecular formula is C12H16ClN3. The lowest BCUT2D eigenvalue weighted by atomic mass is 10.2. The van der Waals surface area contributed by atoms with E-state index in [4.69, 9.17) is 11.6 Å². The third-order valence-corrected chi connectivity index (χ3v) is 2.93. The zero-order valence-corrected chi connectivity index (χ0v) is 10.5. The van der Waals surface area contributed by atoms with Gasteiger partial charge in [0.25, 0.3) is 0 Å². The number of nitrogens with one attached hydrogen (secondary N) is 2. The SMILES string of the molecule is CNCc1cc2[nH]c(C(C)C)nc2cc1Cl. The van der Waals surface area contributed by atoms with Gasteiger partial charge in [0.2, 0.25) is 0 Å². The van der Waals surface area contributed by atoms with E-state index in [-0.39, 0.29) is 0 Å². The van der Waals surface area contributed by atoms with E-state index in [1.54, 1.807) is 0 Å². The fraction of sp³-hybridized carbons (Fsp3) is 0.417. The van der Waals surface area contributed by atoms with Gasteiger partial charge in [-0.1, -0.05) is 25.4 Å². The van der Waals surface area contributed by atoms with Gasteiger partial charge in [0.05, 0.1) is 11.0 Å². The molecule has 0 spiro atoms. The van der Waals surface area contributed by atoms with E-state index in [0.29, 0.717) is 5.92 Å². The van der Waals surface area contributed by atoms with Crippen LogP contribution in [0.3, 0.4) is 0 Å². The lowest BCUT2D eigenvalue weighted by Crippen LogP contribution is -2.05.